The van der Waals surface area contributed by atoms with Crippen molar-refractivity contribution in [2.24, 2.45) is 0 Å². The predicted molar refractivity (Wildman–Crippen MR) is 63.1 cm³/mol. The van der Waals surface area contributed by atoms with E-state index in [0.717, 1.165) is 17.1 Å². The summed E-state index contributed by atoms with van der Waals surface area (Å²) in [6, 6.07) is 5.63. The van der Waals surface area contributed by atoms with Gasteiger partial charge in [-0.1, -0.05) is 6.07 Å². The summed E-state index contributed by atoms with van der Waals surface area (Å²) in [7, 11) is 3.23. The highest BCUT2D eigenvalue weighted by Crippen LogP contribution is 2.25. The van der Waals surface area contributed by atoms with E-state index in [0.29, 0.717) is 12.2 Å². The Morgan fingerprint density at radius 3 is 2.71 bits per heavy atom. The molecule has 0 fully saturated rings. The number of nitrogen functional groups attached to an aromatic ring is 1. The van der Waals surface area contributed by atoms with E-state index >= 15 is 0 Å². The lowest BCUT2D eigenvalue weighted by Gasteiger charge is -2.08. The van der Waals surface area contributed by atoms with E-state index in [-0.39, 0.29) is 5.95 Å². The maximum Gasteiger partial charge on any atom is 0.239 e. The number of aromatic amines is 1. The number of H-pyrrole nitrogens is 1. The standard InChI is InChI=1S/C11H14N4O2/c1-16-8-4-3-7(9(6-8)17-2)5-10-13-11(12)15-14-10/h3-4,6H,5H2,1-2H3,(H3,12,13,14,15). The highest BCUT2D eigenvalue weighted by atomic mass is 16.5. The molecule has 1 aromatic heterocycles. The topological polar surface area (TPSA) is 86.0 Å². The number of nitrogens with zero attached hydrogens (tertiary/aromatic N) is 2. The molecule has 6 heteroatoms. The van der Waals surface area contributed by atoms with E-state index in [2.05, 4.69) is 15.2 Å². The van der Waals surface area contributed by atoms with Gasteiger partial charge in [0.15, 0.2) is 0 Å². The van der Waals surface area contributed by atoms with Gasteiger partial charge in [-0.25, -0.2) is 0 Å². The first kappa shape index (κ1) is 11.3. The lowest BCUT2D eigenvalue weighted by atomic mass is 10.1. The number of benzene rings is 1. The van der Waals surface area contributed by atoms with Gasteiger partial charge in [0.1, 0.15) is 17.3 Å². The van der Waals surface area contributed by atoms with Crippen LogP contribution in [0.15, 0.2) is 18.2 Å². The van der Waals surface area contributed by atoms with Crippen molar-refractivity contribution in [3.8, 4) is 11.5 Å². The van der Waals surface area contributed by atoms with Crippen LogP contribution in [0.2, 0.25) is 0 Å². The summed E-state index contributed by atoms with van der Waals surface area (Å²) in [6.45, 7) is 0. The fraction of sp³-hybridized carbons (Fsp3) is 0.273. The Bertz CT molecular complexity index is 510. The number of hydrogen-bond donors (Lipinski definition) is 2. The molecule has 0 aliphatic heterocycles. The van der Waals surface area contributed by atoms with Crippen LogP contribution < -0.4 is 15.2 Å². The van der Waals surface area contributed by atoms with Gasteiger partial charge >= 0.3 is 0 Å². The third-order valence-corrected chi connectivity index (χ3v) is 2.40. The molecule has 1 heterocycles. The molecule has 0 spiro atoms. The van der Waals surface area contributed by atoms with Crippen molar-refractivity contribution in [1.29, 1.82) is 0 Å². The van der Waals surface area contributed by atoms with E-state index in [1.54, 1.807) is 14.2 Å². The molecule has 0 amide bonds. The van der Waals surface area contributed by atoms with Crippen molar-refractivity contribution in [3.05, 3.63) is 29.6 Å². The first-order chi connectivity index (χ1) is 8.22. The Hall–Kier alpha value is -2.24. The molecule has 6 nitrogen and oxygen atoms in total. The zero-order valence-corrected chi connectivity index (χ0v) is 9.73. The second-order valence-corrected chi connectivity index (χ2v) is 3.49. The molecule has 0 unspecified atom stereocenters. The molecule has 0 bridgehead atoms. The van der Waals surface area contributed by atoms with Crippen LogP contribution in [0, 0.1) is 0 Å². The van der Waals surface area contributed by atoms with E-state index in [9.17, 15) is 0 Å². The van der Waals surface area contributed by atoms with Crippen LogP contribution in [0.25, 0.3) is 0 Å². The molecule has 2 rings (SSSR count). The van der Waals surface area contributed by atoms with Crippen LogP contribution in [0.3, 0.4) is 0 Å². The van der Waals surface area contributed by atoms with Gasteiger partial charge in [-0.3, -0.25) is 5.10 Å². The SMILES string of the molecule is COc1ccc(Cc2nc(N)n[nH]2)c(OC)c1. The first-order valence-corrected chi connectivity index (χ1v) is 5.10. The van der Waals surface area contributed by atoms with E-state index in [4.69, 9.17) is 15.2 Å². The van der Waals surface area contributed by atoms with E-state index in [1.807, 2.05) is 18.2 Å². The number of ether oxygens (including phenoxy) is 2. The summed E-state index contributed by atoms with van der Waals surface area (Å²) < 4.78 is 10.4. The average Bonchev–Trinajstić information content (AvgIpc) is 2.75. The molecule has 0 aliphatic carbocycles. The summed E-state index contributed by atoms with van der Waals surface area (Å²) >= 11 is 0. The predicted octanol–water partition coefficient (Wildman–Crippen LogP) is 0.995. The number of hydrogen-bond acceptors (Lipinski definition) is 5. The molecule has 0 aliphatic rings. The van der Waals surface area contributed by atoms with Crippen molar-refractivity contribution in [2.45, 2.75) is 6.42 Å². The number of nitrogens with one attached hydrogen (secondary N) is 1. The number of rotatable bonds is 4. The second kappa shape index (κ2) is 4.73. The van der Waals surface area contributed by atoms with Gasteiger partial charge in [0.05, 0.1) is 14.2 Å². The Balaban J connectivity index is 2.26. The minimum Gasteiger partial charge on any atom is -0.497 e. The van der Waals surface area contributed by atoms with Crippen molar-refractivity contribution in [1.82, 2.24) is 15.2 Å². The van der Waals surface area contributed by atoms with Gasteiger partial charge < -0.3 is 15.2 Å². The molecule has 17 heavy (non-hydrogen) atoms. The Morgan fingerprint density at radius 1 is 1.29 bits per heavy atom. The molecular formula is C11H14N4O2. The average molecular weight is 234 g/mol. The summed E-state index contributed by atoms with van der Waals surface area (Å²) in [4.78, 5) is 4.05. The molecule has 0 atom stereocenters. The van der Waals surface area contributed by atoms with Crippen LogP contribution in [-0.2, 0) is 6.42 Å². The zero-order valence-electron chi connectivity index (χ0n) is 9.73. The molecule has 0 radical (unpaired) electrons. The van der Waals surface area contributed by atoms with Crippen molar-refractivity contribution < 1.29 is 9.47 Å². The lowest BCUT2D eigenvalue weighted by molar-refractivity contribution is 0.391. The third kappa shape index (κ3) is 2.47. The molecular weight excluding hydrogens is 220 g/mol. The molecule has 1 aromatic carbocycles. The molecule has 0 saturated heterocycles. The first-order valence-electron chi connectivity index (χ1n) is 5.10. The Morgan fingerprint density at radius 2 is 2.12 bits per heavy atom. The van der Waals surface area contributed by atoms with Gasteiger partial charge in [0, 0.05) is 18.1 Å². The van der Waals surface area contributed by atoms with Crippen molar-refractivity contribution >= 4 is 5.95 Å². The molecule has 3 N–H and O–H groups in total. The largest absolute Gasteiger partial charge is 0.497 e. The molecule has 90 valence electrons. The number of aromatic nitrogens is 3. The van der Waals surface area contributed by atoms with E-state index in [1.165, 1.54) is 0 Å². The summed E-state index contributed by atoms with van der Waals surface area (Å²) in [5.74, 6) is 2.44. The summed E-state index contributed by atoms with van der Waals surface area (Å²) in [6.07, 6.45) is 0.581. The quantitative estimate of drug-likeness (QED) is 0.824. The highest BCUT2D eigenvalue weighted by Gasteiger charge is 2.08. The third-order valence-electron chi connectivity index (χ3n) is 2.40. The summed E-state index contributed by atoms with van der Waals surface area (Å²) in [5.41, 5.74) is 6.43. The van der Waals surface area contributed by atoms with Crippen LogP contribution >= 0.6 is 0 Å². The maximum atomic E-state index is 5.44. The van der Waals surface area contributed by atoms with E-state index < -0.39 is 0 Å². The fourth-order valence-electron chi connectivity index (χ4n) is 1.57. The smallest absolute Gasteiger partial charge is 0.239 e. The van der Waals surface area contributed by atoms with Crippen LogP contribution in [0.4, 0.5) is 5.95 Å². The Kier molecular flexibility index (Phi) is 3.13. The van der Waals surface area contributed by atoms with Crippen molar-refractivity contribution in [2.75, 3.05) is 20.0 Å². The molecule has 0 saturated carbocycles. The second-order valence-electron chi connectivity index (χ2n) is 3.49. The Labute approximate surface area is 98.8 Å². The number of nitrogens with two attached hydrogens (primary N) is 1. The van der Waals surface area contributed by atoms with Crippen LogP contribution in [0.5, 0.6) is 11.5 Å². The van der Waals surface area contributed by atoms with Crippen LogP contribution in [-0.4, -0.2) is 29.4 Å². The van der Waals surface area contributed by atoms with Crippen LogP contribution in [0.1, 0.15) is 11.4 Å². The number of anilines is 1. The van der Waals surface area contributed by atoms with Gasteiger partial charge in [-0.15, -0.1) is 5.10 Å². The van der Waals surface area contributed by atoms with Gasteiger partial charge in [-0.05, 0) is 6.07 Å². The lowest BCUT2D eigenvalue weighted by Crippen LogP contribution is -1.96. The number of methoxy groups -OCH3 is 2. The highest BCUT2D eigenvalue weighted by molar-refractivity contribution is 5.42. The fourth-order valence-corrected chi connectivity index (χ4v) is 1.57. The minimum atomic E-state index is 0.243. The van der Waals surface area contributed by atoms with Crippen molar-refractivity contribution in [3.63, 3.8) is 0 Å². The maximum absolute atomic E-state index is 5.44. The van der Waals surface area contributed by atoms with Gasteiger partial charge in [0.25, 0.3) is 0 Å². The monoisotopic (exact) mass is 234 g/mol. The summed E-state index contributed by atoms with van der Waals surface area (Å²) in [5, 5.41) is 6.54. The van der Waals surface area contributed by atoms with Gasteiger partial charge in [0.2, 0.25) is 5.95 Å². The zero-order chi connectivity index (χ0) is 12.3. The van der Waals surface area contributed by atoms with Gasteiger partial charge in [-0.2, -0.15) is 4.98 Å². The molecule has 2 aromatic rings. The normalized spacial score (nSPS) is 10.2. The minimum absolute atomic E-state index is 0.243.